The second-order valence-corrected chi connectivity index (χ2v) is 12.4. The number of benzene rings is 1. The van der Waals surface area contributed by atoms with Crippen LogP contribution in [0.3, 0.4) is 0 Å². The lowest BCUT2D eigenvalue weighted by Gasteiger charge is -2.15. The number of rotatable bonds is 8. The van der Waals surface area contributed by atoms with E-state index in [2.05, 4.69) is 29.7 Å². The zero-order valence-electron chi connectivity index (χ0n) is 14.8. The summed E-state index contributed by atoms with van der Waals surface area (Å²) in [6, 6.07) is 8.31. The Kier molecular flexibility index (Phi) is 6.27. The first-order valence-electron chi connectivity index (χ1n) is 8.14. The van der Waals surface area contributed by atoms with Crippen LogP contribution in [-0.4, -0.2) is 42.0 Å². The molecule has 6 nitrogen and oxygen atoms in total. The van der Waals surface area contributed by atoms with Crippen molar-refractivity contribution in [2.24, 2.45) is 0 Å². The molecule has 1 aromatic carbocycles. The van der Waals surface area contributed by atoms with E-state index in [1.165, 1.54) is 6.33 Å². The van der Waals surface area contributed by atoms with Crippen molar-refractivity contribution in [3.63, 3.8) is 0 Å². The van der Waals surface area contributed by atoms with Gasteiger partial charge in [0.1, 0.15) is 13.1 Å². The van der Waals surface area contributed by atoms with E-state index in [4.69, 9.17) is 9.47 Å². The zero-order valence-corrected chi connectivity index (χ0v) is 15.8. The lowest BCUT2D eigenvalue weighted by molar-refractivity contribution is 0.0526. The average molecular weight is 347 g/mol. The van der Waals surface area contributed by atoms with E-state index in [-0.39, 0.29) is 5.97 Å². The molecule has 0 amide bonds. The van der Waals surface area contributed by atoms with Crippen molar-refractivity contribution in [1.82, 2.24) is 14.8 Å². The van der Waals surface area contributed by atoms with E-state index in [1.807, 2.05) is 12.1 Å². The predicted octanol–water partition coefficient (Wildman–Crippen LogP) is 3.43. The van der Waals surface area contributed by atoms with Crippen LogP contribution in [0.4, 0.5) is 0 Å². The van der Waals surface area contributed by atoms with E-state index in [0.717, 1.165) is 18.2 Å². The zero-order chi connectivity index (χ0) is 17.6. The smallest absolute Gasteiger partial charge is 0.338 e. The van der Waals surface area contributed by atoms with Crippen LogP contribution < -0.4 is 0 Å². The van der Waals surface area contributed by atoms with E-state index >= 15 is 0 Å². The molecule has 24 heavy (non-hydrogen) atoms. The fraction of sp³-hybridized carbons (Fsp3) is 0.471. The molecule has 0 fully saturated rings. The van der Waals surface area contributed by atoms with Crippen LogP contribution in [0.5, 0.6) is 0 Å². The highest BCUT2D eigenvalue weighted by Gasteiger charge is 2.14. The number of hydrogen-bond acceptors (Lipinski definition) is 5. The lowest BCUT2D eigenvalue weighted by Crippen LogP contribution is -2.22. The Morgan fingerprint density at radius 2 is 2.08 bits per heavy atom. The summed E-state index contributed by atoms with van der Waals surface area (Å²) in [7, 11) is -1.11. The molecule has 0 spiro atoms. The van der Waals surface area contributed by atoms with Gasteiger partial charge in [0.2, 0.25) is 0 Å². The number of aromatic nitrogens is 3. The van der Waals surface area contributed by atoms with Gasteiger partial charge in [-0.05, 0) is 25.1 Å². The van der Waals surface area contributed by atoms with E-state index in [9.17, 15) is 4.79 Å². The van der Waals surface area contributed by atoms with Crippen LogP contribution >= 0.6 is 0 Å². The van der Waals surface area contributed by atoms with Gasteiger partial charge >= 0.3 is 5.97 Å². The highest BCUT2D eigenvalue weighted by atomic mass is 28.3. The maximum Gasteiger partial charge on any atom is 0.338 e. The minimum absolute atomic E-state index is 0.336. The molecule has 2 aromatic rings. The van der Waals surface area contributed by atoms with Gasteiger partial charge in [0.15, 0.2) is 5.82 Å². The standard InChI is InChI=1S/C17H25N3O3Si/c1-5-23-17(21)15-8-6-7-14(11-15)16-18-12-19-20(16)13-22-9-10-24(2,3)4/h6-8,11-12H,5,9-10,13H2,1-4H3. The lowest BCUT2D eigenvalue weighted by atomic mass is 10.1. The molecule has 0 saturated carbocycles. The molecule has 0 aliphatic carbocycles. The van der Waals surface area contributed by atoms with Crippen LogP contribution in [-0.2, 0) is 16.2 Å². The molecule has 0 atom stereocenters. The van der Waals surface area contributed by atoms with Crippen LogP contribution in [0.25, 0.3) is 11.4 Å². The summed E-state index contributed by atoms with van der Waals surface area (Å²) in [5.74, 6) is 0.339. The Hall–Kier alpha value is -1.99. The van der Waals surface area contributed by atoms with Crippen molar-refractivity contribution in [2.75, 3.05) is 13.2 Å². The maximum atomic E-state index is 11.9. The van der Waals surface area contributed by atoms with Gasteiger partial charge in [-0.15, -0.1) is 0 Å². The molecular weight excluding hydrogens is 322 g/mol. The van der Waals surface area contributed by atoms with Crippen LogP contribution in [0, 0.1) is 0 Å². The summed E-state index contributed by atoms with van der Waals surface area (Å²) >= 11 is 0. The van der Waals surface area contributed by atoms with Gasteiger partial charge in [-0.2, -0.15) is 5.10 Å². The summed E-state index contributed by atoms with van der Waals surface area (Å²) in [6.07, 6.45) is 1.49. The quantitative estimate of drug-likeness (QED) is 0.416. The molecular formula is C17H25N3O3Si. The minimum atomic E-state index is -1.11. The van der Waals surface area contributed by atoms with E-state index in [0.29, 0.717) is 24.7 Å². The SMILES string of the molecule is CCOC(=O)c1cccc(-c2ncnn2COCC[Si](C)(C)C)c1. The summed E-state index contributed by atoms with van der Waals surface area (Å²) in [4.78, 5) is 16.2. The third-order valence-electron chi connectivity index (χ3n) is 3.46. The molecule has 0 aliphatic heterocycles. The Labute approximate surface area is 143 Å². The van der Waals surface area contributed by atoms with Crippen molar-refractivity contribution >= 4 is 14.0 Å². The molecule has 0 aliphatic rings. The number of ether oxygens (including phenoxy) is 2. The fourth-order valence-corrected chi connectivity index (χ4v) is 2.87. The summed E-state index contributed by atoms with van der Waals surface area (Å²) < 4.78 is 12.5. The van der Waals surface area contributed by atoms with Crippen molar-refractivity contribution in [1.29, 1.82) is 0 Å². The molecule has 0 unspecified atom stereocenters. The van der Waals surface area contributed by atoms with E-state index < -0.39 is 8.07 Å². The summed E-state index contributed by atoms with van der Waals surface area (Å²) in [5.41, 5.74) is 1.32. The van der Waals surface area contributed by atoms with Crippen molar-refractivity contribution in [3.8, 4) is 11.4 Å². The van der Waals surface area contributed by atoms with Crippen molar-refractivity contribution < 1.29 is 14.3 Å². The molecule has 2 rings (SSSR count). The molecule has 0 bridgehead atoms. The Morgan fingerprint density at radius 3 is 2.79 bits per heavy atom. The molecule has 0 radical (unpaired) electrons. The minimum Gasteiger partial charge on any atom is -0.462 e. The molecule has 130 valence electrons. The molecule has 1 aromatic heterocycles. The first kappa shape index (κ1) is 18.3. The van der Waals surface area contributed by atoms with Crippen LogP contribution in [0.1, 0.15) is 17.3 Å². The highest BCUT2D eigenvalue weighted by Crippen LogP contribution is 2.19. The predicted molar refractivity (Wildman–Crippen MR) is 95.5 cm³/mol. The van der Waals surface area contributed by atoms with E-state index in [1.54, 1.807) is 23.7 Å². The van der Waals surface area contributed by atoms with Crippen LogP contribution in [0.2, 0.25) is 25.7 Å². The summed E-state index contributed by atoms with van der Waals surface area (Å²) in [6.45, 7) is 10.2. The van der Waals surface area contributed by atoms with Gasteiger partial charge in [-0.25, -0.2) is 14.5 Å². The van der Waals surface area contributed by atoms with Crippen molar-refractivity contribution in [2.45, 2.75) is 39.3 Å². The Balaban J connectivity index is 2.07. The Morgan fingerprint density at radius 1 is 1.29 bits per heavy atom. The highest BCUT2D eigenvalue weighted by molar-refractivity contribution is 6.76. The van der Waals surface area contributed by atoms with Gasteiger partial charge in [0.05, 0.1) is 12.2 Å². The maximum absolute atomic E-state index is 11.9. The van der Waals surface area contributed by atoms with Gasteiger partial charge in [-0.3, -0.25) is 0 Å². The normalized spacial score (nSPS) is 11.5. The number of nitrogens with zero attached hydrogens (tertiary/aromatic N) is 3. The third-order valence-corrected chi connectivity index (χ3v) is 5.16. The molecule has 7 heteroatoms. The largest absolute Gasteiger partial charge is 0.462 e. The fourth-order valence-electron chi connectivity index (χ4n) is 2.11. The van der Waals surface area contributed by atoms with Gasteiger partial charge in [0, 0.05) is 20.2 Å². The summed E-state index contributed by atoms with van der Waals surface area (Å²) in [5, 5.41) is 4.21. The Bertz CT molecular complexity index is 680. The topological polar surface area (TPSA) is 66.2 Å². The monoisotopic (exact) mass is 347 g/mol. The number of carbonyl (C=O) groups is 1. The van der Waals surface area contributed by atoms with Crippen LogP contribution in [0.15, 0.2) is 30.6 Å². The molecule has 1 heterocycles. The van der Waals surface area contributed by atoms with Gasteiger partial charge in [0.25, 0.3) is 0 Å². The first-order valence-corrected chi connectivity index (χ1v) is 11.8. The van der Waals surface area contributed by atoms with Gasteiger partial charge < -0.3 is 9.47 Å². The second kappa shape index (κ2) is 8.21. The van der Waals surface area contributed by atoms with Crippen molar-refractivity contribution in [3.05, 3.63) is 36.2 Å². The first-order chi connectivity index (χ1) is 11.4. The molecule has 0 N–H and O–H groups in total. The number of hydrogen-bond donors (Lipinski definition) is 0. The van der Waals surface area contributed by atoms with Gasteiger partial charge in [-0.1, -0.05) is 31.8 Å². The number of esters is 1. The average Bonchev–Trinajstić information content (AvgIpc) is 2.99. The molecule has 0 saturated heterocycles. The third kappa shape index (κ3) is 5.28. The second-order valence-electron chi connectivity index (χ2n) is 6.73. The number of carbonyl (C=O) groups excluding carboxylic acids is 1.